The summed E-state index contributed by atoms with van der Waals surface area (Å²) in [6, 6.07) is 12.4. The monoisotopic (exact) mass is 402 g/mol. The van der Waals surface area contributed by atoms with Gasteiger partial charge in [-0.05, 0) is 42.5 Å². The highest BCUT2D eigenvalue weighted by Gasteiger charge is 2.32. The highest BCUT2D eigenvalue weighted by molar-refractivity contribution is 6.04. The smallest absolute Gasteiger partial charge is 0.398 e. The molecule has 0 radical (unpaired) electrons. The lowest BCUT2D eigenvalue weighted by Gasteiger charge is -2.14. The molecule has 154 valence electrons. The molecule has 7 heteroatoms. The zero-order valence-corrected chi connectivity index (χ0v) is 16.3. The maximum Gasteiger partial charge on any atom is 0.416 e. The average molecular weight is 402 g/mol. The first-order chi connectivity index (χ1) is 13.8. The van der Waals surface area contributed by atoms with Gasteiger partial charge >= 0.3 is 6.18 Å². The van der Waals surface area contributed by atoms with Gasteiger partial charge in [0.05, 0.1) is 12.1 Å². The van der Waals surface area contributed by atoms with Crippen LogP contribution in [0.5, 0.6) is 0 Å². The quantitative estimate of drug-likeness (QED) is 0.194. The number of nitrogens with two attached hydrogens (primary N) is 1. The summed E-state index contributed by atoms with van der Waals surface area (Å²) in [7, 11) is 0. The number of hydrogen-bond donors (Lipinski definition) is 3. The molecule has 0 spiro atoms. The number of para-hydroxylation sites is 1. The van der Waals surface area contributed by atoms with E-state index in [1.54, 1.807) is 42.6 Å². The fraction of sp³-hybridized carbons (Fsp3) is 0.227. The number of amidine groups is 1. The molecule has 0 aliphatic heterocycles. The van der Waals surface area contributed by atoms with Crippen LogP contribution in [0.3, 0.4) is 0 Å². The SMILES string of the molecule is C=C(/C=C\NCCC)NC(=NCc1ccccc1C(F)(F)F)c1ccccc1N. The molecule has 0 unspecified atom stereocenters. The zero-order valence-electron chi connectivity index (χ0n) is 16.3. The second-order valence-corrected chi connectivity index (χ2v) is 6.34. The Morgan fingerprint density at radius 3 is 2.52 bits per heavy atom. The third kappa shape index (κ3) is 6.71. The first-order valence-electron chi connectivity index (χ1n) is 9.23. The van der Waals surface area contributed by atoms with Gasteiger partial charge in [0.15, 0.2) is 0 Å². The van der Waals surface area contributed by atoms with E-state index in [2.05, 4.69) is 29.1 Å². The van der Waals surface area contributed by atoms with Crippen molar-refractivity contribution in [1.29, 1.82) is 0 Å². The lowest BCUT2D eigenvalue weighted by molar-refractivity contribution is -0.138. The number of halogens is 3. The predicted molar refractivity (Wildman–Crippen MR) is 112 cm³/mol. The van der Waals surface area contributed by atoms with Crippen LogP contribution in [0.1, 0.15) is 30.0 Å². The Bertz CT molecular complexity index is 886. The van der Waals surface area contributed by atoms with Crippen LogP contribution in [0.15, 0.2) is 78.1 Å². The normalized spacial score (nSPS) is 12.2. The summed E-state index contributed by atoms with van der Waals surface area (Å²) in [5.41, 5.74) is 7.00. The fourth-order valence-corrected chi connectivity index (χ4v) is 2.58. The molecule has 0 bridgehead atoms. The molecule has 0 heterocycles. The van der Waals surface area contributed by atoms with Crippen LogP contribution in [0.25, 0.3) is 0 Å². The fourth-order valence-electron chi connectivity index (χ4n) is 2.58. The number of allylic oxidation sites excluding steroid dienone is 1. The van der Waals surface area contributed by atoms with Crippen molar-refractivity contribution in [2.75, 3.05) is 12.3 Å². The van der Waals surface area contributed by atoms with E-state index in [1.165, 1.54) is 12.1 Å². The molecule has 2 rings (SSSR count). The van der Waals surface area contributed by atoms with Gasteiger partial charge in [-0.3, -0.25) is 4.99 Å². The molecule has 0 fully saturated rings. The van der Waals surface area contributed by atoms with Gasteiger partial charge in [0.25, 0.3) is 0 Å². The summed E-state index contributed by atoms with van der Waals surface area (Å²) in [6.45, 7) is 6.64. The van der Waals surface area contributed by atoms with Crippen molar-refractivity contribution in [1.82, 2.24) is 10.6 Å². The Kier molecular flexibility index (Phi) is 7.88. The predicted octanol–water partition coefficient (Wildman–Crippen LogP) is 4.85. The van der Waals surface area contributed by atoms with E-state index in [-0.39, 0.29) is 12.1 Å². The van der Waals surface area contributed by atoms with Crippen molar-refractivity contribution in [2.24, 2.45) is 4.99 Å². The average Bonchev–Trinajstić information content (AvgIpc) is 2.68. The van der Waals surface area contributed by atoms with Gasteiger partial charge in [0.1, 0.15) is 5.84 Å². The third-order valence-corrected chi connectivity index (χ3v) is 4.02. The Labute approximate surface area is 169 Å². The summed E-state index contributed by atoms with van der Waals surface area (Å²) in [6.07, 6.45) is 0.0244. The van der Waals surface area contributed by atoms with Crippen molar-refractivity contribution in [3.05, 3.63) is 89.8 Å². The minimum Gasteiger partial charge on any atom is -0.398 e. The summed E-state index contributed by atoms with van der Waals surface area (Å²) < 4.78 is 39.8. The second kappa shape index (κ2) is 10.4. The molecule has 29 heavy (non-hydrogen) atoms. The number of aliphatic imine (C=N–C) groups is 1. The van der Waals surface area contributed by atoms with Gasteiger partial charge in [-0.25, -0.2) is 0 Å². The van der Waals surface area contributed by atoms with Crippen LogP contribution >= 0.6 is 0 Å². The van der Waals surface area contributed by atoms with Gasteiger partial charge in [-0.15, -0.1) is 0 Å². The van der Waals surface area contributed by atoms with Crippen molar-refractivity contribution >= 4 is 11.5 Å². The number of nitrogens with zero attached hydrogens (tertiary/aromatic N) is 1. The van der Waals surface area contributed by atoms with Crippen LogP contribution in [-0.4, -0.2) is 12.4 Å². The van der Waals surface area contributed by atoms with Crippen molar-refractivity contribution < 1.29 is 13.2 Å². The molecule has 0 saturated heterocycles. The number of rotatable bonds is 8. The molecule has 0 aliphatic rings. The molecule has 4 nitrogen and oxygen atoms in total. The number of hydrogen-bond acceptors (Lipinski definition) is 3. The molecular formula is C22H25F3N4. The van der Waals surface area contributed by atoms with E-state index >= 15 is 0 Å². The van der Waals surface area contributed by atoms with Crippen molar-refractivity contribution in [3.63, 3.8) is 0 Å². The topological polar surface area (TPSA) is 62.4 Å². The van der Waals surface area contributed by atoms with E-state index in [1.807, 2.05) is 0 Å². The van der Waals surface area contributed by atoms with Gasteiger partial charge in [-0.2, -0.15) is 13.2 Å². The van der Waals surface area contributed by atoms with Crippen LogP contribution in [0, 0.1) is 0 Å². The third-order valence-electron chi connectivity index (χ3n) is 4.02. The zero-order chi connectivity index (χ0) is 21.3. The first kappa shape index (κ1) is 22.1. The largest absolute Gasteiger partial charge is 0.416 e. The molecule has 0 saturated carbocycles. The summed E-state index contributed by atoms with van der Waals surface area (Å²) in [4.78, 5) is 4.39. The molecular weight excluding hydrogens is 377 g/mol. The molecule has 4 N–H and O–H groups in total. The van der Waals surface area contributed by atoms with Crippen LogP contribution in [0.2, 0.25) is 0 Å². The van der Waals surface area contributed by atoms with E-state index < -0.39 is 11.7 Å². The standard InChI is InChI=1S/C22H25F3N4/c1-3-13-27-14-12-16(2)29-21(18-9-5-7-11-20(18)26)28-15-17-8-4-6-10-19(17)22(23,24)25/h4-12,14,27H,2-3,13,15,26H2,1H3,(H,28,29)/b14-12-. The molecule has 0 amide bonds. The molecule has 2 aromatic rings. The summed E-state index contributed by atoms with van der Waals surface area (Å²) in [5, 5.41) is 6.15. The highest BCUT2D eigenvalue weighted by Crippen LogP contribution is 2.32. The van der Waals surface area contributed by atoms with E-state index in [4.69, 9.17) is 5.73 Å². The van der Waals surface area contributed by atoms with Crippen LogP contribution in [-0.2, 0) is 12.7 Å². The van der Waals surface area contributed by atoms with E-state index in [9.17, 15) is 13.2 Å². The molecule has 2 aromatic carbocycles. The molecule has 0 aromatic heterocycles. The van der Waals surface area contributed by atoms with Gasteiger partial charge in [0.2, 0.25) is 0 Å². The second-order valence-electron chi connectivity index (χ2n) is 6.34. The highest BCUT2D eigenvalue weighted by atomic mass is 19.4. The summed E-state index contributed by atoms with van der Waals surface area (Å²) >= 11 is 0. The minimum absolute atomic E-state index is 0.0829. The first-order valence-corrected chi connectivity index (χ1v) is 9.23. The maximum atomic E-state index is 13.3. The lowest BCUT2D eigenvalue weighted by atomic mass is 10.1. The van der Waals surface area contributed by atoms with Crippen molar-refractivity contribution in [3.8, 4) is 0 Å². The summed E-state index contributed by atoms with van der Waals surface area (Å²) in [5.74, 6) is 0.352. The number of anilines is 1. The number of nitrogen functional groups attached to an aromatic ring is 1. The van der Waals surface area contributed by atoms with E-state index in [0.717, 1.165) is 19.0 Å². The Balaban J connectivity index is 2.30. The maximum absolute atomic E-state index is 13.3. The molecule has 0 atom stereocenters. The van der Waals surface area contributed by atoms with Gasteiger partial charge < -0.3 is 16.4 Å². The van der Waals surface area contributed by atoms with Gasteiger partial charge in [-0.1, -0.05) is 43.8 Å². The van der Waals surface area contributed by atoms with E-state index in [0.29, 0.717) is 22.8 Å². The Morgan fingerprint density at radius 2 is 1.83 bits per heavy atom. The van der Waals surface area contributed by atoms with Crippen LogP contribution in [0.4, 0.5) is 18.9 Å². The van der Waals surface area contributed by atoms with Crippen LogP contribution < -0.4 is 16.4 Å². The number of alkyl halides is 3. The number of nitrogens with one attached hydrogen (secondary N) is 2. The van der Waals surface area contributed by atoms with Crippen molar-refractivity contribution in [2.45, 2.75) is 26.1 Å². The Hall–Kier alpha value is -3.22. The minimum atomic E-state index is -4.44. The Morgan fingerprint density at radius 1 is 1.14 bits per heavy atom. The molecule has 0 aliphatic carbocycles. The lowest BCUT2D eigenvalue weighted by Crippen LogP contribution is -2.24. The number of benzene rings is 2. The van der Waals surface area contributed by atoms with Gasteiger partial charge in [0, 0.05) is 23.5 Å².